The van der Waals surface area contributed by atoms with Crippen molar-refractivity contribution in [3.63, 3.8) is 0 Å². The van der Waals surface area contributed by atoms with Crippen LogP contribution in [0.25, 0.3) is 0 Å². The first-order valence-electron chi connectivity index (χ1n) is 6.21. The molecule has 1 heterocycles. The van der Waals surface area contributed by atoms with E-state index in [1.807, 2.05) is 38.1 Å². The van der Waals surface area contributed by atoms with E-state index in [9.17, 15) is 4.79 Å². The van der Waals surface area contributed by atoms with Crippen LogP contribution in [0.15, 0.2) is 24.3 Å². The smallest absolute Gasteiger partial charge is 0.230 e. The Morgan fingerprint density at radius 2 is 2.00 bits per heavy atom. The molecule has 1 amide bonds. The van der Waals surface area contributed by atoms with Crippen LogP contribution in [0.5, 0.6) is 0 Å². The van der Waals surface area contributed by atoms with Crippen LogP contribution in [0.4, 0.5) is 5.69 Å². The molecule has 0 radical (unpaired) electrons. The quantitative estimate of drug-likeness (QED) is 0.823. The lowest BCUT2D eigenvalue weighted by molar-refractivity contribution is -0.121. The maximum absolute atomic E-state index is 12.3. The normalized spacial score (nSPS) is 31.3. The predicted molar refractivity (Wildman–Crippen MR) is 80.5 cm³/mol. The largest absolute Gasteiger partial charge is 0.374 e. The average Bonchev–Trinajstić information content (AvgIpc) is 2.53. The van der Waals surface area contributed by atoms with Crippen LogP contribution in [0.3, 0.4) is 0 Å². The topological polar surface area (TPSA) is 38.3 Å². The highest BCUT2D eigenvalue weighted by molar-refractivity contribution is 14.1. The molecule has 1 aliphatic heterocycles. The van der Waals surface area contributed by atoms with E-state index >= 15 is 0 Å². The van der Waals surface area contributed by atoms with Gasteiger partial charge in [0.25, 0.3) is 0 Å². The summed E-state index contributed by atoms with van der Waals surface area (Å²) in [5.74, 6) is 0.238. The molecule has 3 nitrogen and oxygen atoms in total. The molecule has 1 aliphatic rings. The molecule has 2 rings (SSSR count). The number of ether oxygens (including phenoxy) is 1. The van der Waals surface area contributed by atoms with Crippen LogP contribution in [0.2, 0.25) is 0 Å². The van der Waals surface area contributed by atoms with Gasteiger partial charge in [0.1, 0.15) is 0 Å². The van der Waals surface area contributed by atoms with Crippen molar-refractivity contribution in [2.45, 2.75) is 33.0 Å². The van der Waals surface area contributed by atoms with E-state index in [1.54, 1.807) is 0 Å². The number of hydrogen-bond donors (Lipinski definition) is 1. The highest BCUT2D eigenvalue weighted by atomic mass is 127. The lowest BCUT2D eigenvalue weighted by Crippen LogP contribution is -2.31. The summed E-state index contributed by atoms with van der Waals surface area (Å²) in [6, 6.07) is 7.82. The van der Waals surface area contributed by atoms with Gasteiger partial charge in [-0.25, -0.2) is 0 Å². The summed E-state index contributed by atoms with van der Waals surface area (Å²) in [7, 11) is 0. The molecule has 0 spiro atoms. The molecule has 4 atom stereocenters. The number of carbonyl (C=O) groups excluding carboxylic acids is 1. The Labute approximate surface area is 121 Å². The number of hydrogen-bond acceptors (Lipinski definition) is 2. The molecule has 1 saturated heterocycles. The minimum absolute atomic E-state index is 0.0159. The second-order valence-corrected chi connectivity index (χ2v) is 6.18. The first kappa shape index (κ1) is 13.8. The standard InChI is InChI=1S/C14H18INO2/c1-8-9(2)18-10(3)13(8)14(17)16-12-6-4-5-11(15)7-12/h4-10,13H,1-3H3,(H,16,17). The van der Waals surface area contributed by atoms with Gasteiger partial charge in [-0.15, -0.1) is 0 Å². The lowest BCUT2D eigenvalue weighted by Gasteiger charge is -2.18. The summed E-state index contributed by atoms with van der Waals surface area (Å²) in [4.78, 5) is 12.3. The van der Waals surface area contributed by atoms with Crippen molar-refractivity contribution in [3.05, 3.63) is 27.8 Å². The zero-order valence-corrected chi connectivity index (χ0v) is 13.0. The van der Waals surface area contributed by atoms with Crippen molar-refractivity contribution in [3.8, 4) is 0 Å². The van der Waals surface area contributed by atoms with Gasteiger partial charge in [-0.2, -0.15) is 0 Å². The molecule has 1 aromatic rings. The molecule has 18 heavy (non-hydrogen) atoms. The van der Waals surface area contributed by atoms with E-state index in [4.69, 9.17) is 4.74 Å². The van der Waals surface area contributed by atoms with Gasteiger partial charge < -0.3 is 10.1 Å². The molecule has 1 fully saturated rings. The van der Waals surface area contributed by atoms with Gasteiger partial charge in [0, 0.05) is 9.26 Å². The molecule has 0 aromatic heterocycles. The third-order valence-electron chi connectivity index (χ3n) is 3.64. The van der Waals surface area contributed by atoms with Crippen molar-refractivity contribution < 1.29 is 9.53 Å². The molecular weight excluding hydrogens is 341 g/mol. The van der Waals surface area contributed by atoms with Crippen molar-refractivity contribution in [1.82, 2.24) is 0 Å². The highest BCUT2D eigenvalue weighted by Crippen LogP contribution is 2.33. The van der Waals surface area contributed by atoms with Gasteiger partial charge in [0.15, 0.2) is 0 Å². The van der Waals surface area contributed by atoms with Crippen LogP contribution in [-0.2, 0) is 9.53 Å². The molecule has 4 unspecified atom stereocenters. The number of nitrogens with one attached hydrogen (secondary N) is 1. The van der Waals surface area contributed by atoms with Gasteiger partial charge >= 0.3 is 0 Å². The van der Waals surface area contributed by atoms with Crippen LogP contribution >= 0.6 is 22.6 Å². The molecule has 0 saturated carbocycles. The van der Waals surface area contributed by atoms with Crippen molar-refractivity contribution in [2.24, 2.45) is 11.8 Å². The zero-order chi connectivity index (χ0) is 13.3. The summed E-state index contributed by atoms with van der Waals surface area (Å²) in [6.45, 7) is 6.08. The van der Waals surface area contributed by atoms with Gasteiger partial charge in [-0.05, 0) is 60.6 Å². The Morgan fingerprint density at radius 3 is 2.56 bits per heavy atom. The number of rotatable bonds is 2. The van der Waals surface area contributed by atoms with Crippen LogP contribution < -0.4 is 5.32 Å². The number of benzene rings is 1. The summed E-state index contributed by atoms with van der Waals surface area (Å²) in [6.07, 6.45) is 0.129. The number of amides is 1. The Hall–Kier alpha value is -0.620. The first-order valence-corrected chi connectivity index (χ1v) is 7.29. The first-order chi connectivity index (χ1) is 8.49. The Balaban J connectivity index is 2.08. The summed E-state index contributed by atoms with van der Waals surface area (Å²) >= 11 is 2.24. The number of carbonyl (C=O) groups is 1. The fourth-order valence-corrected chi connectivity index (χ4v) is 3.05. The minimum atomic E-state index is -0.0714. The van der Waals surface area contributed by atoms with Gasteiger partial charge in [-0.3, -0.25) is 4.79 Å². The van der Waals surface area contributed by atoms with E-state index in [1.165, 1.54) is 0 Å². The zero-order valence-electron chi connectivity index (χ0n) is 10.8. The molecule has 98 valence electrons. The second kappa shape index (κ2) is 5.57. The van der Waals surface area contributed by atoms with E-state index in [0.29, 0.717) is 0 Å². The van der Waals surface area contributed by atoms with E-state index in [2.05, 4.69) is 34.8 Å². The summed E-state index contributed by atoms with van der Waals surface area (Å²) < 4.78 is 6.82. The summed E-state index contributed by atoms with van der Waals surface area (Å²) in [5.41, 5.74) is 0.853. The van der Waals surface area contributed by atoms with E-state index < -0.39 is 0 Å². The fraction of sp³-hybridized carbons (Fsp3) is 0.500. The van der Waals surface area contributed by atoms with Gasteiger partial charge in [0.05, 0.1) is 18.1 Å². The third kappa shape index (κ3) is 2.85. The lowest BCUT2D eigenvalue weighted by atomic mass is 9.89. The second-order valence-electron chi connectivity index (χ2n) is 4.93. The Morgan fingerprint density at radius 1 is 1.28 bits per heavy atom. The van der Waals surface area contributed by atoms with E-state index in [0.717, 1.165) is 9.26 Å². The SMILES string of the molecule is CC1OC(C)C(C(=O)Nc2cccc(I)c2)C1C. The van der Waals surface area contributed by atoms with Crippen LogP contribution in [0.1, 0.15) is 20.8 Å². The van der Waals surface area contributed by atoms with Crippen LogP contribution in [-0.4, -0.2) is 18.1 Å². The van der Waals surface area contributed by atoms with Crippen molar-refractivity contribution >= 4 is 34.2 Å². The molecule has 0 bridgehead atoms. The maximum atomic E-state index is 12.3. The van der Waals surface area contributed by atoms with Crippen molar-refractivity contribution in [2.75, 3.05) is 5.32 Å². The Bertz CT molecular complexity index is 449. The highest BCUT2D eigenvalue weighted by Gasteiger charge is 2.41. The maximum Gasteiger partial charge on any atom is 0.230 e. The van der Waals surface area contributed by atoms with Crippen molar-refractivity contribution in [1.29, 1.82) is 0 Å². The molecule has 0 aliphatic carbocycles. The fourth-order valence-electron chi connectivity index (χ4n) is 2.51. The molecule has 1 aromatic carbocycles. The monoisotopic (exact) mass is 359 g/mol. The number of halogens is 1. The van der Waals surface area contributed by atoms with E-state index in [-0.39, 0.29) is 30.0 Å². The van der Waals surface area contributed by atoms with Crippen LogP contribution in [0, 0.1) is 15.4 Å². The Kier molecular flexibility index (Phi) is 4.27. The molecule has 4 heteroatoms. The molecular formula is C14H18INO2. The number of anilines is 1. The molecule has 1 N–H and O–H groups in total. The van der Waals surface area contributed by atoms with Gasteiger partial charge in [-0.1, -0.05) is 13.0 Å². The van der Waals surface area contributed by atoms with Gasteiger partial charge in [0.2, 0.25) is 5.91 Å². The third-order valence-corrected chi connectivity index (χ3v) is 4.31. The summed E-state index contributed by atoms with van der Waals surface area (Å²) in [5, 5.41) is 2.98. The predicted octanol–water partition coefficient (Wildman–Crippen LogP) is 3.29. The average molecular weight is 359 g/mol. The minimum Gasteiger partial charge on any atom is -0.374 e.